The number of fused-ring (bicyclic) bond motifs is 1. The monoisotopic (exact) mass is 294 g/mol. The zero-order valence-corrected chi connectivity index (χ0v) is 13.1. The molecule has 0 atom stereocenters. The van der Waals surface area contributed by atoms with Gasteiger partial charge in [-0.15, -0.1) is 0 Å². The lowest BCUT2D eigenvalue weighted by atomic mass is 10.1. The molecule has 0 aromatic heterocycles. The molecular weight excluding hydrogens is 272 g/mol. The van der Waals surface area contributed by atoms with Crippen molar-refractivity contribution in [1.82, 2.24) is 19.5 Å². The predicted octanol–water partition coefficient (Wildman–Crippen LogP) is 3.75. The second kappa shape index (κ2) is 7.16. The quantitative estimate of drug-likeness (QED) is 0.666. The van der Waals surface area contributed by atoms with E-state index in [4.69, 9.17) is 0 Å². The van der Waals surface area contributed by atoms with E-state index in [2.05, 4.69) is 63.0 Å². The summed E-state index contributed by atoms with van der Waals surface area (Å²) in [6.45, 7) is 3.18. The highest BCUT2D eigenvalue weighted by Gasteiger charge is 2.12. The highest BCUT2D eigenvalue weighted by molar-refractivity contribution is 5.48. The average molecular weight is 294 g/mol. The van der Waals surface area contributed by atoms with Crippen molar-refractivity contribution in [2.45, 2.75) is 45.6 Å². The van der Waals surface area contributed by atoms with Crippen LogP contribution < -0.4 is 0 Å². The van der Waals surface area contributed by atoms with Gasteiger partial charge in [0.15, 0.2) is 5.82 Å². The zero-order chi connectivity index (χ0) is 15.2. The van der Waals surface area contributed by atoms with Crippen LogP contribution in [0.2, 0.25) is 0 Å². The van der Waals surface area contributed by atoms with E-state index in [1.807, 2.05) is 0 Å². The summed E-state index contributed by atoms with van der Waals surface area (Å²) < 4.78 is 2.26. The lowest BCUT2D eigenvalue weighted by Crippen LogP contribution is -2.11. The summed E-state index contributed by atoms with van der Waals surface area (Å²) in [5.74, 6) is 1.90. The number of nitrogens with zero attached hydrogens (tertiary/aromatic N) is 4. The molecular formula is C18H22N4. The molecule has 3 rings (SSSR count). The first-order valence-corrected chi connectivity index (χ1v) is 8.07. The Morgan fingerprint density at radius 3 is 2.68 bits per heavy atom. The summed E-state index contributed by atoms with van der Waals surface area (Å²) in [6, 6.07) is 10.6. The van der Waals surface area contributed by atoms with Crippen molar-refractivity contribution in [1.29, 1.82) is 0 Å². The Bertz CT molecular complexity index is 675. The zero-order valence-electron chi connectivity index (χ0n) is 13.1. The molecule has 114 valence electrons. The first-order valence-electron chi connectivity index (χ1n) is 8.07. The van der Waals surface area contributed by atoms with E-state index in [0.717, 1.165) is 49.6 Å². The van der Waals surface area contributed by atoms with E-state index in [1.54, 1.807) is 6.33 Å². The number of unbranched alkanes of at least 4 members (excludes halogenated alkanes) is 1. The number of benzene rings is 1. The highest BCUT2D eigenvalue weighted by atomic mass is 15.1. The van der Waals surface area contributed by atoms with Gasteiger partial charge in [0.2, 0.25) is 0 Å². The third-order valence-corrected chi connectivity index (χ3v) is 3.91. The Balaban J connectivity index is 1.72. The first kappa shape index (κ1) is 14.7. The largest absolute Gasteiger partial charge is 0.334 e. The molecule has 0 N–H and O–H groups in total. The molecule has 4 heteroatoms. The SMILES string of the molecule is CCCCc1nc2ncnc-2cn1CCCc1ccccc1. The van der Waals surface area contributed by atoms with Gasteiger partial charge in [0, 0.05) is 19.2 Å². The fourth-order valence-electron chi connectivity index (χ4n) is 2.68. The lowest BCUT2D eigenvalue weighted by molar-refractivity contribution is 0.580. The molecule has 2 heterocycles. The van der Waals surface area contributed by atoms with Crippen LogP contribution >= 0.6 is 0 Å². The Kier molecular flexibility index (Phi) is 4.78. The van der Waals surface area contributed by atoms with Crippen molar-refractivity contribution in [2.24, 2.45) is 0 Å². The molecule has 0 radical (unpaired) electrons. The second-order valence-corrected chi connectivity index (χ2v) is 5.63. The minimum Gasteiger partial charge on any atom is -0.334 e. The van der Waals surface area contributed by atoms with Crippen LogP contribution in [0.15, 0.2) is 42.9 Å². The van der Waals surface area contributed by atoms with Crippen molar-refractivity contribution in [3.63, 3.8) is 0 Å². The molecule has 2 aliphatic rings. The van der Waals surface area contributed by atoms with E-state index >= 15 is 0 Å². The van der Waals surface area contributed by atoms with Gasteiger partial charge >= 0.3 is 0 Å². The minimum atomic E-state index is 0.769. The van der Waals surface area contributed by atoms with E-state index in [-0.39, 0.29) is 0 Å². The van der Waals surface area contributed by atoms with Crippen molar-refractivity contribution in [3.05, 3.63) is 54.2 Å². The number of rotatable bonds is 7. The summed E-state index contributed by atoms with van der Waals surface area (Å²) in [4.78, 5) is 13.2. The van der Waals surface area contributed by atoms with Gasteiger partial charge < -0.3 is 4.57 Å². The van der Waals surface area contributed by atoms with Crippen LogP contribution in [0.1, 0.15) is 37.6 Å². The number of imidazole rings is 1. The third-order valence-electron chi connectivity index (χ3n) is 3.91. The maximum atomic E-state index is 4.69. The minimum absolute atomic E-state index is 0.769. The molecule has 0 aliphatic carbocycles. The third kappa shape index (κ3) is 3.50. The molecule has 4 nitrogen and oxygen atoms in total. The lowest BCUT2D eigenvalue weighted by Gasteiger charge is -2.14. The molecule has 0 unspecified atom stereocenters. The molecule has 1 aromatic rings. The van der Waals surface area contributed by atoms with Crippen LogP contribution in [-0.2, 0) is 19.4 Å². The summed E-state index contributed by atoms with van der Waals surface area (Å²) in [6.07, 6.45) is 9.23. The number of aryl methyl sites for hydroxylation is 3. The van der Waals surface area contributed by atoms with Crippen LogP contribution in [0.4, 0.5) is 0 Å². The van der Waals surface area contributed by atoms with Gasteiger partial charge in [-0.05, 0) is 24.8 Å². The summed E-state index contributed by atoms with van der Waals surface area (Å²) in [7, 11) is 0. The van der Waals surface area contributed by atoms with Crippen molar-refractivity contribution < 1.29 is 0 Å². The van der Waals surface area contributed by atoms with Gasteiger partial charge in [-0.1, -0.05) is 43.7 Å². The molecule has 0 spiro atoms. The normalized spacial score (nSPS) is 11.1. The van der Waals surface area contributed by atoms with E-state index in [9.17, 15) is 0 Å². The summed E-state index contributed by atoms with van der Waals surface area (Å²) in [5, 5.41) is 0. The number of hydrogen-bond donors (Lipinski definition) is 0. The van der Waals surface area contributed by atoms with Gasteiger partial charge in [-0.2, -0.15) is 0 Å². The Morgan fingerprint density at radius 2 is 1.86 bits per heavy atom. The van der Waals surface area contributed by atoms with Gasteiger partial charge in [-0.3, -0.25) is 0 Å². The van der Waals surface area contributed by atoms with Crippen molar-refractivity contribution >= 4 is 0 Å². The molecule has 1 aromatic carbocycles. The smallest absolute Gasteiger partial charge is 0.182 e. The Hall–Kier alpha value is -2.23. The second-order valence-electron chi connectivity index (χ2n) is 5.63. The van der Waals surface area contributed by atoms with Crippen molar-refractivity contribution in [2.75, 3.05) is 0 Å². The van der Waals surface area contributed by atoms with Crippen molar-refractivity contribution in [3.8, 4) is 11.5 Å². The van der Waals surface area contributed by atoms with E-state index in [0.29, 0.717) is 0 Å². The van der Waals surface area contributed by atoms with Gasteiger partial charge in [0.25, 0.3) is 0 Å². The fourth-order valence-corrected chi connectivity index (χ4v) is 2.68. The molecule has 0 amide bonds. The molecule has 0 saturated carbocycles. The van der Waals surface area contributed by atoms with Gasteiger partial charge in [0.05, 0.1) is 0 Å². The highest BCUT2D eigenvalue weighted by Crippen LogP contribution is 2.17. The van der Waals surface area contributed by atoms with Crippen LogP contribution in [0.3, 0.4) is 0 Å². The summed E-state index contributed by atoms with van der Waals surface area (Å²) in [5.41, 5.74) is 2.28. The van der Waals surface area contributed by atoms with E-state index < -0.39 is 0 Å². The van der Waals surface area contributed by atoms with Gasteiger partial charge in [-0.25, -0.2) is 15.0 Å². The molecule has 0 fully saturated rings. The van der Waals surface area contributed by atoms with Crippen LogP contribution in [0.25, 0.3) is 11.5 Å². The van der Waals surface area contributed by atoms with Gasteiger partial charge in [0.1, 0.15) is 17.8 Å². The average Bonchev–Trinajstić information content (AvgIpc) is 3.01. The molecule has 0 saturated heterocycles. The maximum Gasteiger partial charge on any atom is 0.182 e. The van der Waals surface area contributed by atoms with Crippen LogP contribution in [-0.4, -0.2) is 19.5 Å². The van der Waals surface area contributed by atoms with Crippen LogP contribution in [0.5, 0.6) is 0 Å². The fraction of sp³-hybridized carbons (Fsp3) is 0.389. The topological polar surface area (TPSA) is 43.6 Å². The molecule has 2 aliphatic heterocycles. The standard InChI is InChI=1S/C18H22N4/c1-2-3-11-17-21-18-16(19-14-20-18)13-22(17)12-7-10-15-8-5-4-6-9-15/h4-6,8-9,13-14H,2-3,7,10-12H2,1H3. The Labute approximate surface area is 131 Å². The van der Waals surface area contributed by atoms with E-state index in [1.165, 1.54) is 12.0 Å². The Morgan fingerprint density at radius 1 is 1.00 bits per heavy atom. The first-order chi connectivity index (χ1) is 10.9. The maximum absolute atomic E-state index is 4.69. The number of hydrogen-bond acceptors (Lipinski definition) is 3. The number of aromatic nitrogens is 4. The predicted molar refractivity (Wildman–Crippen MR) is 87.8 cm³/mol. The summed E-state index contributed by atoms with van der Waals surface area (Å²) >= 11 is 0. The molecule has 0 bridgehead atoms. The molecule has 22 heavy (non-hydrogen) atoms. The van der Waals surface area contributed by atoms with Crippen LogP contribution in [0, 0.1) is 0 Å².